The van der Waals surface area contributed by atoms with E-state index in [4.69, 9.17) is 13.9 Å². The van der Waals surface area contributed by atoms with Crippen LogP contribution in [0.15, 0.2) is 102 Å². The van der Waals surface area contributed by atoms with Gasteiger partial charge in [0.15, 0.2) is 0 Å². The Bertz CT molecular complexity index is 1240. The highest BCUT2D eigenvalue weighted by Crippen LogP contribution is 2.18. The number of rotatable bonds is 12. The van der Waals surface area contributed by atoms with E-state index >= 15 is 0 Å². The zero-order valence-corrected chi connectivity index (χ0v) is 19.6. The van der Waals surface area contributed by atoms with Crippen LogP contribution in [0.5, 0.6) is 11.5 Å². The Morgan fingerprint density at radius 3 is 2.25 bits per heavy atom. The van der Waals surface area contributed by atoms with Crippen molar-refractivity contribution in [3.05, 3.63) is 109 Å². The molecule has 8 nitrogen and oxygen atoms in total. The second kappa shape index (κ2) is 12.7. The zero-order valence-electron chi connectivity index (χ0n) is 19.6. The lowest BCUT2D eigenvalue weighted by molar-refractivity contribution is -0.114. The summed E-state index contributed by atoms with van der Waals surface area (Å²) in [6, 6.07) is 27.2. The second-order valence-corrected chi connectivity index (χ2v) is 7.78. The molecule has 0 fully saturated rings. The molecule has 36 heavy (non-hydrogen) atoms. The third kappa shape index (κ3) is 7.66. The number of carbonyl (C=O) groups excluding carboxylic acids is 2. The van der Waals surface area contributed by atoms with Crippen LogP contribution in [0.2, 0.25) is 0 Å². The first-order valence-corrected chi connectivity index (χ1v) is 11.5. The summed E-state index contributed by atoms with van der Waals surface area (Å²) >= 11 is 0. The van der Waals surface area contributed by atoms with Crippen molar-refractivity contribution in [2.75, 3.05) is 30.4 Å². The van der Waals surface area contributed by atoms with Crippen molar-refractivity contribution in [1.82, 2.24) is 5.32 Å². The molecule has 0 bridgehead atoms. The van der Waals surface area contributed by atoms with Gasteiger partial charge in [-0.05, 0) is 60.7 Å². The molecule has 8 heteroatoms. The van der Waals surface area contributed by atoms with Crippen molar-refractivity contribution in [1.29, 1.82) is 0 Å². The number of ether oxygens (including phenoxy) is 2. The standard InChI is InChI=1S/C28H27N3O5/c32-27(20-29-22-13-11-21(12-14-22)28(33)30-19-26-10-5-15-34-26)31-23-6-4-9-25(18-23)36-17-16-35-24-7-2-1-3-8-24/h1-15,18,29H,16-17,19-20H2,(H,30,33)(H,31,32). The predicted molar refractivity (Wildman–Crippen MR) is 137 cm³/mol. The van der Waals surface area contributed by atoms with E-state index < -0.39 is 0 Å². The molecule has 0 aliphatic rings. The molecule has 1 aromatic heterocycles. The maximum atomic E-state index is 12.4. The molecule has 0 saturated heterocycles. The van der Waals surface area contributed by atoms with Crippen LogP contribution >= 0.6 is 0 Å². The van der Waals surface area contributed by atoms with Crippen LogP contribution in [0.3, 0.4) is 0 Å². The predicted octanol–water partition coefficient (Wildman–Crippen LogP) is 4.72. The summed E-state index contributed by atoms with van der Waals surface area (Å²) in [5.74, 6) is 1.70. The number of para-hydroxylation sites is 1. The Morgan fingerprint density at radius 1 is 0.750 bits per heavy atom. The van der Waals surface area contributed by atoms with E-state index in [-0.39, 0.29) is 18.4 Å². The summed E-state index contributed by atoms with van der Waals surface area (Å²) in [6.45, 7) is 1.18. The van der Waals surface area contributed by atoms with E-state index in [1.54, 1.807) is 54.8 Å². The van der Waals surface area contributed by atoms with Crippen LogP contribution in [-0.4, -0.2) is 31.6 Å². The number of carbonyl (C=O) groups is 2. The Morgan fingerprint density at radius 2 is 1.50 bits per heavy atom. The number of benzene rings is 3. The molecule has 3 aromatic carbocycles. The molecule has 184 valence electrons. The summed E-state index contributed by atoms with van der Waals surface area (Å²) in [6.07, 6.45) is 1.56. The topological polar surface area (TPSA) is 102 Å². The lowest BCUT2D eigenvalue weighted by Crippen LogP contribution is -2.23. The minimum atomic E-state index is -0.208. The minimum absolute atomic E-state index is 0.0695. The van der Waals surface area contributed by atoms with E-state index in [2.05, 4.69) is 16.0 Å². The fourth-order valence-electron chi connectivity index (χ4n) is 3.31. The molecule has 0 aliphatic heterocycles. The fraction of sp³-hybridized carbons (Fsp3) is 0.143. The van der Waals surface area contributed by atoms with Gasteiger partial charge in [-0.2, -0.15) is 0 Å². The molecule has 2 amide bonds. The van der Waals surface area contributed by atoms with Gasteiger partial charge in [-0.15, -0.1) is 0 Å². The maximum Gasteiger partial charge on any atom is 0.251 e. The molecular weight excluding hydrogens is 458 g/mol. The van der Waals surface area contributed by atoms with Crippen molar-refractivity contribution >= 4 is 23.2 Å². The van der Waals surface area contributed by atoms with Crippen molar-refractivity contribution in [2.24, 2.45) is 0 Å². The number of anilines is 2. The number of amides is 2. The van der Waals surface area contributed by atoms with Crippen molar-refractivity contribution in [2.45, 2.75) is 6.54 Å². The van der Waals surface area contributed by atoms with Crippen LogP contribution in [-0.2, 0) is 11.3 Å². The summed E-state index contributed by atoms with van der Waals surface area (Å²) in [5.41, 5.74) is 1.87. The minimum Gasteiger partial charge on any atom is -0.490 e. The molecule has 0 atom stereocenters. The first-order valence-electron chi connectivity index (χ1n) is 11.5. The molecule has 3 N–H and O–H groups in total. The van der Waals surface area contributed by atoms with E-state index in [0.717, 1.165) is 11.4 Å². The van der Waals surface area contributed by atoms with Gasteiger partial charge in [-0.1, -0.05) is 24.3 Å². The molecule has 4 aromatic rings. The molecule has 0 spiro atoms. The smallest absolute Gasteiger partial charge is 0.251 e. The Labute approximate surface area is 209 Å². The van der Waals surface area contributed by atoms with Gasteiger partial charge in [0.05, 0.1) is 19.4 Å². The monoisotopic (exact) mass is 485 g/mol. The third-order valence-electron chi connectivity index (χ3n) is 5.09. The maximum absolute atomic E-state index is 12.4. The van der Waals surface area contributed by atoms with E-state index in [9.17, 15) is 9.59 Å². The SMILES string of the molecule is O=C(CNc1ccc(C(=O)NCc2ccco2)cc1)Nc1cccc(OCCOc2ccccc2)c1. The highest BCUT2D eigenvalue weighted by molar-refractivity contribution is 5.95. The summed E-state index contributed by atoms with van der Waals surface area (Å²) in [4.78, 5) is 24.6. The van der Waals surface area contributed by atoms with Gasteiger partial charge in [-0.3, -0.25) is 9.59 Å². The molecule has 0 aliphatic carbocycles. The summed E-state index contributed by atoms with van der Waals surface area (Å²) in [7, 11) is 0. The van der Waals surface area contributed by atoms with Crippen LogP contribution in [0.4, 0.5) is 11.4 Å². The average molecular weight is 486 g/mol. The van der Waals surface area contributed by atoms with Gasteiger partial charge in [0.1, 0.15) is 30.5 Å². The second-order valence-electron chi connectivity index (χ2n) is 7.78. The highest BCUT2D eigenvalue weighted by Gasteiger charge is 2.08. The highest BCUT2D eigenvalue weighted by atomic mass is 16.5. The number of furan rings is 1. The summed E-state index contributed by atoms with van der Waals surface area (Å²) in [5, 5.41) is 8.69. The summed E-state index contributed by atoms with van der Waals surface area (Å²) < 4.78 is 16.5. The quantitative estimate of drug-likeness (QED) is 0.251. The van der Waals surface area contributed by atoms with Gasteiger partial charge in [0, 0.05) is 23.0 Å². The van der Waals surface area contributed by atoms with E-state index in [1.807, 2.05) is 42.5 Å². The molecule has 4 rings (SSSR count). The van der Waals surface area contributed by atoms with Gasteiger partial charge < -0.3 is 29.8 Å². The van der Waals surface area contributed by atoms with Gasteiger partial charge in [0.2, 0.25) is 5.91 Å². The molecular formula is C28H27N3O5. The first-order chi connectivity index (χ1) is 17.7. The van der Waals surface area contributed by atoms with Crippen LogP contribution < -0.4 is 25.4 Å². The number of hydrogen-bond acceptors (Lipinski definition) is 6. The van der Waals surface area contributed by atoms with Gasteiger partial charge in [0.25, 0.3) is 5.91 Å². The molecule has 0 unspecified atom stereocenters. The van der Waals surface area contributed by atoms with Gasteiger partial charge >= 0.3 is 0 Å². The number of nitrogens with one attached hydrogen (secondary N) is 3. The van der Waals surface area contributed by atoms with Crippen molar-refractivity contribution < 1.29 is 23.5 Å². The van der Waals surface area contributed by atoms with Gasteiger partial charge in [-0.25, -0.2) is 0 Å². The molecule has 1 heterocycles. The zero-order chi connectivity index (χ0) is 25.0. The van der Waals surface area contributed by atoms with E-state index in [0.29, 0.717) is 42.5 Å². The van der Waals surface area contributed by atoms with Crippen molar-refractivity contribution in [3.8, 4) is 11.5 Å². The van der Waals surface area contributed by atoms with E-state index in [1.165, 1.54) is 0 Å². The number of hydrogen-bond donors (Lipinski definition) is 3. The largest absolute Gasteiger partial charge is 0.490 e. The van der Waals surface area contributed by atoms with Crippen LogP contribution in [0, 0.1) is 0 Å². The molecule has 0 radical (unpaired) electrons. The Kier molecular flexibility index (Phi) is 8.58. The fourth-order valence-corrected chi connectivity index (χ4v) is 3.31. The van der Waals surface area contributed by atoms with Crippen LogP contribution in [0.25, 0.3) is 0 Å². The Balaban J connectivity index is 1.18. The van der Waals surface area contributed by atoms with Crippen LogP contribution in [0.1, 0.15) is 16.1 Å². The first kappa shape index (κ1) is 24.4. The third-order valence-corrected chi connectivity index (χ3v) is 5.09. The average Bonchev–Trinajstić information content (AvgIpc) is 3.44. The van der Waals surface area contributed by atoms with Crippen molar-refractivity contribution in [3.63, 3.8) is 0 Å². The Hall–Kier alpha value is -4.72. The normalized spacial score (nSPS) is 10.3. The molecule has 0 saturated carbocycles. The lowest BCUT2D eigenvalue weighted by Gasteiger charge is -2.11. The lowest BCUT2D eigenvalue weighted by atomic mass is 10.2.